The smallest absolute Gasteiger partial charge is 0.0541 e. The molecule has 0 radical (unpaired) electrons. The number of nitrogens with zero attached hydrogens (tertiary/aromatic N) is 1. The molecule has 50 heavy (non-hydrogen) atoms. The van der Waals surface area contributed by atoms with Crippen LogP contribution < -0.4 is 0 Å². The minimum Gasteiger partial charge on any atom is -0.309 e. The number of thiophene rings is 1. The fourth-order valence-corrected chi connectivity index (χ4v) is 10.6. The average Bonchev–Trinajstić information content (AvgIpc) is 3.80. The summed E-state index contributed by atoms with van der Waals surface area (Å²) >= 11 is 1.95. The van der Waals surface area contributed by atoms with E-state index in [1.54, 1.807) is 11.1 Å². The van der Waals surface area contributed by atoms with Crippen LogP contribution in [0.25, 0.3) is 81.0 Å². The van der Waals surface area contributed by atoms with Crippen molar-refractivity contribution in [2.45, 2.75) is 37.5 Å². The van der Waals surface area contributed by atoms with Crippen LogP contribution in [-0.2, 0) is 5.41 Å². The molecule has 0 unspecified atom stereocenters. The molecule has 7 aromatic carbocycles. The lowest BCUT2D eigenvalue weighted by molar-refractivity contribution is 0.353. The van der Waals surface area contributed by atoms with Gasteiger partial charge in [-0.15, -0.1) is 11.3 Å². The van der Waals surface area contributed by atoms with Crippen molar-refractivity contribution >= 4 is 53.3 Å². The largest absolute Gasteiger partial charge is 0.309 e. The maximum absolute atomic E-state index is 2.59. The average molecular weight is 658 g/mol. The summed E-state index contributed by atoms with van der Waals surface area (Å²) in [7, 11) is 0. The monoisotopic (exact) mass is 657 g/mol. The van der Waals surface area contributed by atoms with Gasteiger partial charge in [0.25, 0.3) is 0 Å². The number of fused-ring (bicyclic) bond motifs is 11. The molecule has 0 amide bonds. The highest BCUT2D eigenvalue weighted by Gasteiger charge is 2.43. The summed E-state index contributed by atoms with van der Waals surface area (Å²) in [6.07, 6.45) is 6.55. The summed E-state index contributed by atoms with van der Waals surface area (Å²) in [4.78, 5) is 0. The number of hydrogen-bond donors (Lipinski definition) is 0. The summed E-state index contributed by atoms with van der Waals surface area (Å²) in [5, 5.41) is 5.38. The van der Waals surface area contributed by atoms with E-state index < -0.39 is 0 Å². The zero-order valence-electron chi connectivity index (χ0n) is 27.8. The molecule has 0 atom stereocenters. The van der Waals surface area contributed by atoms with Gasteiger partial charge in [0.15, 0.2) is 0 Å². The number of aromatic nitrogens is 1. The van der Waals surface area contributed by atoms with Crippen LogP contribution in [0.15, 0.2) is 152 Å². The van der Waals surface area contributed by atoms with Crippen molar-refractivity contribution in [2.75, 3.05) is 0 Å². The van der Waals surface area contributed by atoms with Gasteiger partial charge in [0, 0.05) is 42.0 Å². The van der Waals surface area contributed by atoms with E-state index in [0.29, 0.717) is 0 Å². The Morgan fingerprint density at radius 2 is 1.10 bits per heavy atom. The second-order valence-electron chi connectivity index (χ2n) is 14.4. The lowest BCUT2D eigenvalue weighted by Crippen LogP contribution is -2.27. The third kappa shape index (κ3) is 4.06. The van der Waals surface area contributed by atoms with E-state index in [4.69, 9.17) is 0 Å². The maximum Gasteiger partial charge on any atom is 0.0541 e. The van der Waals surface area contributed by atoms with Crippen LogP contribution in [0.5, 0.6) is 0 Å². The molecule has 2 aliphatic rings. The Labute approximate surface area is 296 Å². The number of hydrogen-bond acceptors (Lipinski definition) is 1. The molecule has 1 spiro atoms. The van der Waals surface area contributed by atoms with E-state index in [1.165, 1.54) is 113 Å². The van der Waals surface area contributed by atoms with Gasteiger partial charge in [0.1, 0.15) is 0 Å². The van der Waals surface area contributed by atoms with Gasteiger partial charge in [-0.05, 0) is 106 Å². The van der Waals surface area contributed by atoms with Gasteiger partial charge in [-0.2, -0.15) is 0 Å². The van der Waals surface area contributed by atoms with Crippen LogP contribution in [0, 0.1) is 0 Å². The van der Waals surface area contributed by atoms with Crippen LogP contribution in [-0.4, -0.2) is 4.57 Å². The highest BCUT2D eigenvalue weighted by molar-refractivity contribution is 7.25. The van der Waals surface area contributed by atoms with Crippen LogP contribution in [0.1, 0.15) is 43.2 Å². The second-order valence-corrected chi connectivity index (χ2v) is 15.5. The fraction of sp³-hybridized carbons (Fsp3) is 0.125. The van der Waals surface area contributed by atoms with Gasteiger partial charge in [-0.1, -0.05) is 122 Å². The molecule has 1 saturated carbocycles. The normalized spacial score (nSPS) is 15.0. The van der Waals surface area contributed by atoms with Gasteiger partial charge >= 0.3 is 0 Å². The molecule has 11 rings (SSSR count). The lowest BCUT2D eigenvalue weighted by Gasteiger charge is -2.36. The molecule has 0 aliphatic heterocycles. The third-order valence-corrected chi connectivity index (χ3v) is 12.9. The van der Waals surface area contributed by atoms with E-state index in [9.17, 15) is 0 Å². The molecular weight excluding hydrogens is 623 g/mol. The highest BCUT2D eigenvalue weighted by atomic mass is 32.1. The van der Waals surface area contributed by atoms with Crippen molar-refractivity contribution in [1.29, 1.82) is 0 Å². The Morgan fingerprint density at radius 1 is 0.420 bits per heavy atom. The summed E-state index contributed by atoms with van der Waals surface area (Å²) in [5.41, 5.74) is 14.9. The van der Waals surface area contributed by atoms with E-state index >= 15 is 0 Å². The van der Waals surface area contributed by atoms with Crippen molar-refractivity contribution in [1.82, 2.24) is 4.57 Å². The van der Waals surface area contributed by atoms with E-state index in [1.807, 2.05) is 11.3 Å². The molecule has 2 aliphatic carbocycles. The molecule has 0 saturated heterocycles. The minimum atomic E-state index is 0.186. The molecule has 2 aromatic heterocycles. The fourth-order valence-electron chi connectivity index (χ4n) is 9.46. The molecule has 0 bridgehead atoms. The van der Waals surface area contributed by atoms with Crippen LogP contribution >= 0.6 is 11.3 Å². The molecular formula is C48H35NS. The molecule has 2 heteroatoms. The van der Waals surface area contributed by atoms with Crippen molar-refractivity contribution < 1.29 is 0 Å². The number of benzene rings is 7. The molecule has 1 fully saturated rings. The summed E-state index contributed by atoms with van der Waals surface area (Å²) in [6, 6.07) is 56.9. The van der Waals surface area contributed by atoms with Gasteiger partial charge in [0.2, 0.25) is 0 Å². The highest BCUT2D eigenvalue weighted by Crippen LogP contribution is 2.57. The van der Waals surface area contributed by atoms with Crippen molar-refractivity contribution in [3.05, 3.63) is 163 Å². The molecule has 9 aromatic rings. The van der Waals surface area contributed by atoms with Gasteiger partial charge < -0.3 is 4.57 Å². The first-order chi connectivity index (χ1) is 24.7. The van der Waals surface area contributed by atoms with Crippen molar-refractivity contribution in [2.24, 2.45) is 0 Å². The second kappa shape index (κ2) is 10.8. The molecule has 2 heterocycles. The molecule has 1 nitrogen and oxygen atoms in total. The first kappa shape index (κ1) is 28.4. The van der Waals surface area contributed by atoms with Gasteiger partial charge in [-0.25, -0.2) is 0 Å². The maximum atomic E-state index is 2.59. The summed E-state index contributed by atoms with van der Waals surface area (Å²) in [5.74, 6) is 0. The van der Waals surface area contributed by atoms with Gasteiger partial charge in [-0.3, -0.25) is 0 Å². The van der Waals surface area contributed by atoms with Crippen molar-refractivity contribution in [3.63, 3.8) is 0 Å². The summed E-state index contributed by atoms with van der Waals surface area (Å²) in [6.45, 7) is 0. The predicted molar refractivity (Wildman–Crippen MR) is 214 cm³/mol. The Hall–Kier alpha value is -5.44. The van der Waals surface area contributed by atoms with E-state index in [2.05, 4.69) is 156 Å². The first-order valence-electron chi connectivity index (χ1n) is 18.1. The first-order valence-corrected chi connectivity index (χ1v) is 18.9. The van der Waals surface area contributed by atoms with E-state index in [-0.39, 0.29) is 5.41 Å². The van der Waals surface area contributed by atoms with Crippen LogP contribution in [0.4, 0.5) is 0 Å². The van der Waals surface area contributed by atoms with E-state index in [0.717, 1.165) is 0 Å². The molecule has 0 N–H and O–H groups in total. The predicted octanol–water partition coefficient (Wildman–Crippen LogP) is 13.7. The molecule has 238 valence electrons. The number of para-hydroxylation sites is 1. The Morgan fingerprint density at radius 3 is 1.98 bits per heavy atom. The Bertz CT molecular complexity index is 2770. The topological polar surface area (TPSA) is 4.93 Å². The third-order valence-electron chi connectivity index (χ3n) is 11.8. The Balaban J connectivity index is 1.02. The standard InChI is InChI=1S/C48H35NS/c1-3-11-31(12-4-1)32-17-21-35(22-18-32)49-44-16-8-6-14-37(44)40-27-33(20-24-45(40)49)34-19-23-38-41-29-43-39(30-47(41)50-46(38)28-34)36-13-5-7-15-42(36)48(43)25-9-2-10-26-48/h1,3-8,11-24,27-30H,2,9-10,25-26H2. The Kier molecular flexibility index (Phi) is 6.12. The lowest BCUT2D eigenvalue weighted by atomic mass is 9.68. The summed E-state index contributed by atoms with van der Waals surface area (Å²) < 4.78 is 5.18. The minimum absolute atomic E-state index is 0.186. The quantitative estimate of drug-likeness (QED) is 0.178. The number of rotatable bonds is 3. The zero-order chi connectivity index (χ0) is 32.8. The SMILES string of the molecule is c1ccc(-c2ccc(-n3c4ccccc4c4cc(-c5ccc6c(c5)sc5cc7c(cc56)C5(CCCCC5)c5ccccc5-7)ccc43)cc2)cc1. The van der Waals surface area contributed by atoms with Gasteiger partial charge in [0.05, 0.1) is 11.0 Å². The van der Waals surface area contributed by atoms with Crippen molar-refractivity contribution in [3.8, 4) is 39.1 Å². The van der Waals surface area contributed by atoms with Crippen LogP contribution in [0.2, 0.25) is 0 Å². The zero-order valence-corrected chi connectivity index (χ0v) is 28.6. The van der Waals surface area contributed by atoms with Crippen LogP contribution in [0.3, 0.4) is 0 Å².